The Morgan fingerprint density at radius 1 is 1.70 bits per heavy atom. The van der Waals surface area contributed by atoms with Crippen LogP contribution in [0.4, 0.5) is 0 Å². The monoisotopic (exact) mass is 138 g/mol. The highest BCUT2D eigenvalue weighted by Crippen LogP contribution is 2.07. The number of rotatable bonds is 1. The van der Waals surface area contributed by atoms with Crippen molar-refractivity contribution in [3.8, 4) is 0 Å². The van der Waals surface area contributed by atoms with Crippen LogP contribution in [0.5, 0.6) is 0 Å². The minimum Gasteiger partial charge on any atom is -0.366 e. The molecular weight excluding hydrogens is 128 g/mol. The maximum absolute atomic E-state index is 10.5. The molecule has 1 rings (SSSR count). The van der Waals surface area contributed by atoms with Gasteiger partial charge in [-0.25, -0.2) is 0 Å². The largest absolute Gasteiger partial charge is 0.366 e. The summed E-state index contributed by atoms with van der Waals surface area (Å²) in [5.74, 6) is -0.386. The van der Waals surface area contributed by atoms with E-state index in [0.29, 0.717) is 12.0 Å². The van der Waals surface area contributed by atoms with Gasteiger partial charge < -0.3 is 11.5 Å². The minimum absolute atomic E-state index is 0.0445. The summed E-state index contributed by atoms with van der Waals surface area (Å²) in [6.45, 7) is 0. The fraction of sp³-hybridized carbons (Fsp3) is 0.286. The predicted octanol–water partition coefficient (Wildman–Crippen LogP) is -0.315. The lowest BCUT2D eigenvalue weighted by atomic mass is 10.0. The molecule has 0 radical (unpaired) electrons. The Labute approximate surface area is 59.4 Å². The van der Waals surface area contributed by atoms with E-state index < -0.39 is 0 Å². The molecule has 0 aliphatic heterocycles. The van der Waals surface area contributed by atoms with E-state index in [9.17, 15) is 4.79 Å². The lowest BCUT2D eigenvalue weighted by molar-refractivity contribution is -0.114. The molecule has 0 aromatic rings. The lowest BCUT2D eigenvalue weighted by Gasteiger charge is -2.08. The first-order valence-corrected chi connectivity index (χ1v) is 3.14. The van der Waals surface area contributed by atoms with E-state index in [1.165, 1.54) is 0 Å². The molecule has 54 valence electrons. The molecular formula is C7H10N2O. The molecule has 0 aromatic heterocycles. The Hall–Kier alpha value is -1.09. The normalized spacial score (nSPS) is 24.1. The van der Waals surface area contributed by atoms with Crippen LogP contribution in [-0.4, -0.2) is 11.9 Å². The summed E-state index contributed by atoms with van der Waals surface area (Å²) in [6.07, 6.45) is 5.90. The van der Waals surface area contributed by atoms with E-state index in [4.69, 9.17) is 11.5 Å². The number of hydrogen-bond donors (Lipinski definition) is 2. The molecule has 4 N–H and O–H groups in total. The van der Waals surface area contributed by atoms with Gasteiger partial charge in [-0.2, -0.15) is 0 Å². The number of nitrogens with two attached hydrogens (primary N) is 2. The van der Waals surface area contributed by atoms with Crippen molar-refractivity contribution < 1.29 is 4.79 Å². The topological polar surface area (TPSA) is 69.1 Å². The van der Waals surface area contributed by atoms with Crippen LogP contribution in [0.3, 0.4) is 0 Å². The summed E-state index contributed by atoms with van der Waals surface area (Å²) < 4.78 is 0. The van der Waals surface area contributed by atoms with Gasteiger partial charge in [0.2, 0.25) is 5.91 Å². The molecule has 1 aliphatic rings. The average molecular weight is 138 g/mol. The Bertz CT molecular complexity index is 206. The molecule has 1 unspecified atom stereocenters. The number of carbonyl (C=O) groups is 1. The predicted molar refractivity (Wildman–Crippen MR) is 39.0 cm³/mol. The van der Waals surface area contributed by atoms with Crippen molar-refractivity contribution in [2.45, 2.75) is 12.5 Å². The highest BCUT2D eigenvalue weighted by molar-refractivity contribution is 5.95. The van der Waals surface area contributed by atoms with Crippen molar-refractivity contribution in [3.63, 3.8) is 0 Å². The molecule has 3 nitrogen and oxygen atoms in total. The van der Waals surface area contributed by atoms with Gasteiger partial charge in [0, 0.05) is 11.6 Å². The molecule has 0 bridgehead atoms. The van der Waals surface area contributed by atoms with Crippen molar-refractivity contribution >= 4 is 5.91 Å². The van der Waals surface area contributed by atoms with Crippen LogP contribution in [-0.2, 0) is 4.79 Å². The molecule has 0 heterocycles. The Balaban J connectivity index is 2.67. The van der Waals surface area contributed by atoms with Crippen molar-refractivity contribution in [2.24, 2.45) is 11.5 Å². The van der Waals surface area contributed by atoms with E-state index in [1.54, 1.807) is 18.2 Å². The van der Waals surface area contributed by atoms with Crippen LogP contribution >= 0.6 is 0 Å². The fourth-order valence-electron chi connectivity index (χ4n) is 0.820. The third-order valence-corrected chi connectivity index (χ3v) is 1.42. The highest BCUT2D eigenvalue weighted by atomic mass is 16.1. The second-order valence-corrected chi connectivity index (χ2v) is 2.28. The standard InChI is InChI=1S/C7H10N2O/c8-6-3-1-5(2-4-6)7(9)10/h1-3,6H,4,8H2,(H2,9,10). The Kier molecular flexibility index (Phi) is 1.87. The minimum atomic E-state index is -0.386. The van der Waals surface area contributed by atoms with Crippen molar-refractivity contribution in [1.82, 2.24) is 0 Å². The van der Waals surface area contributed by atoms with Crippen molar-refractivity contribution in [3.05, 3.63) is 23.8 Å². The summed E-state index contributed by atoms with van der Waals surface area (Å²) in [5.41, 5.74) is 11.1. The van der Waals surface area contributed by atoms with Crippen LogP contribution in [0, 0.1) is 0 Å². The van der Waals surface area contributed by atoms with Gasteiger partial charge in [-0.3, -0.25) is 4.79 Å². The van der Waals surface area contributed by atoms with Gasteiger partial charge in [-0.05, 0) is 6.42 Å². The molecule has 0 saturated carbocycles. The number of hydrogen-bond acceptors (Lipinski definition) is 2. The van der Waals surface area contributed by atoms with Gasteiger partial charge in [0.25, 0.3) is 0 Å². The summed E-state index contributed by atoms with van der Waals surface area (Å²) >= 11 is 0. The number of carbonyl (C=O) groups excluding carboxylic acids is 1. The zero-order chi connectivity index (χ0) is 7.56. The van der Waals surface area contributed by atoms with Crippen LogP contribution < -0.4 is 11.5 Å². The SMILES string of the molecule is NC(=O)C1=CCC(N)C=C1. The molecule has 1 atom stereocenters. The second-order valence-electron chi connectivity index (χ2n) is 2.28. The van der Waals surface area contributed by atoms with E-state index in [0.717, 1.165) is 0 Å². The number of primary amides is 1. The van der Waals surface area contributed by atoms with Gasteiger partial charge in [0.1, 0.15) is 0 Å². The van der Waals surface area contributed by atoms with Gasteiger partial charge in [-0.1, -0.05) is 18.2 Å². The van der Waals surface area contributed by atoms with Gasteiger partial charge in [0.05, 0.1) is 0 Å². The molecule has 3 heteroatoms. The van der Waals surface area contributed by atoms with Gasteiger partial charge >= 0.3 is 0 Å². The van der Waals surface area contributed by atoms with Gasteiger partial charge in [-0.15, -0.1) is 0 Å². The van der Waals surface area contributed by atoms with E-state index in [1.807, 2.05) is 0 Å². The van der Waals surface area contributed by atoms with Gasteiger partial charge in [0.15, 0.2) is 0 Å². The third-order valence-electron chi connectivity index (χ3n) is 1.42. The molecule has 0 aromatic carbocycles. The molecule has 0 spiro atoms. The van der Waals surface area contributed by atoms with E-state index in [2.05, 4.69) is 0 Å². The smallest absolute Gasteiger partial charge is 0.248 e. The second kappa shape index (κ2) is 2.66. The van der Waals surface area contributed by atoms with Crippen LogP contribution in [0.2, 0.25) is 0 Å². The van der Waals surface area contributed by atoms with Crippen LogP contribution in [0.1, 0.15) is 6.42 Å². The third kappa shape index (κ3) is 1.45. The number of amides is 1. The summed E-state index contributed by atoms with van der Waals surface area (Å²) in [6, 6.07) is 0.0445. The van der Waals surface area contributed by atoms with Crippen LogP contribution in [0.25, 0.3) is 0 Å². The molecule has 0 saturated heterocycles. The molecule has 0 fully saturated rings. The lowest BCUT2D eigenvalue weighted by Crippen LogP contribution is -2.21. The first-order chi connectivity index (χ1) is 4.70. The maximum atomic E-state index is 10.5. The summed E-state index contributed by atoms with van der Waals surface area (Å²) in [5, 5.41) is 0. The maximum Gasteiger partial charge on any atom is 0.248 e. The molecule has 1 aliphatic carbocycles. The molecule has 1 amide bonds. The highest BCUT2D eigenvalue weighted by Gasteiger charge is 2.06. The zero-order valence-corrected chi connectivity index (χ0v) is 5.58. The van der Waals surface area contributed by atoms with Crippen molar-refractivity contribution in [2.75, 3.05) is 0 Å². The zero-order valence-electron chi connectivity index (χ0n) is 5.58. The fourth-order valence-corrected chi connectivity index (χ4v) is 0.820. The summed E-state index contributed by atoms with van der Waals surface area (Å²) in [4.78, 5) is 10.5. The van der Waals surface area contributed by atoms with E-state index in [-0.39, 0.29) is 11.9 Å². The average Bonchev–Trinajstić information content (AvgIpc) is 1.88. The molecule has 10 heavy (non-hydrogen) atoms. The Morgan fingerprint density at radius 2 is 2.40 bits per heavy atom. The first kappa shape index (κ1) is 7.02. The summed E-state index contributed by atoms with van der Waals surface area (Å²) in [7, 11) is 0. The van der Waals surface area contributed by atoms with Crippen molar-refractivity contribution in [1.29, 1.82) is 0 Å². The Morgan fingerprint density at radius 3 is 2.80 bits per heavy atom. The first-order valence-electron chi connectivity index (χ1n) is 3.14. The quantitative estimate of drug-likeness (QED) is 0.521. The van der Waals surface area contributed by atoms with E-state index >= 15 is 0 Å². The van der Waals surface area contributed by atoms with Crippen LogP contribution in [0.15, 0.2) is 23.8 Å².